The van der Waals surface area contributed by atoms with Crippen LogP contribution in [0.5, 0.6) is 0 Å². The zero-order valence-corrected chi connectivity index (χ0v) is 17.3. The SMILES string of the molecule is CCc1cc(-c2nnc(SCC(=O)NC3CCCCCC3)n2CC)cs1. The molecule has 1 aliphatic rings. The molecule has 1 aliphatic carbocycles. The van der Waals surface area contributed by atoms with E-state index in [2.05, 4.69) is 45.4 Å². The Morgan fingerprint density at radius 2 is 2.04 bits per heavy atom. The third-order valence-electron chi connectivity index (χ3n) is 4.85. The summed E-state index contributed by atoms with van der Waals surface area (Å²) < 4.78 is 2.10. The van der Waals surface area contributed by atoms with Crippen molar-refractivity contribution in [3.63, 3.8) is 0 Å². The predicted molar refractivity (Wildman–Crippen MR) is 109 cm³/mol. The summed E-state index contributed by atoms with van der Waals surface area (Å²) >= 11 is 3.24. The third-order valence-corrected chi connectivity index (χ3v) is 6.89. The summed E-state index contributed by atoms with van der Waals surface area (Å²) in [4.78, 5) is 13.7. The molecule has 2 aromatic heterocycles. The van der Waals surface area contributed by atoms with Gasteiger partial charge in [-0.2, -0.15) is 0 Å². The summed E-state index contributed by atoms with van der Waals surface area (Å²) in [6.07, 6.45) is 8.32. The molecule has 1 amide bonds. The fourth-order valence-corrected chi connectivity index (χ4v) is 5.03. The lowest BCUT2D eigenvalue weighted by Gasteiger charge is -2.15. The van der Waals surface area contributed by atoms with E-state index in [0.29, 0.717) is 11.8 Å². The number of thiophene rings is 1. The van der Waals surface area contributed by atoms with E-state index < -0.39 is 0 Å². The summed E-state index contributed by atoms with van der Waals surface area (Å²) in [5, 5.41) is 14.9. The highest BCUT2D eigenvalue weighted by Gasteiger charge is 2.18. The van der Waals surface area contributed by atoms with Gasteiger partial charge in [-0.05, 0) is 32.3 Å². The molecule has 0 saturated heterocycles. The number of carbonyl (C=O) groups is 1. The first-order valence-corrected chi connectivity index (χ1v) is 11.5. The van der Waals surface area contributed by atoms with E-state index in [1.54, 1.807) is 11.3 Å². The highest BCUT2D eigenvalue weighted by molar-refractivity contribution is 7.99. The molecule has 7 heteroatoms. The molecule has 5 nitrogen and oxygen atoms in total. The molecule has 0 aromatic carbocycles. The monoisotopic (exact) mass is 392 g/mol. The predicted octanol–water partition coefficient (Wildman–Crippen LogP) is 4.52. The van der Waals surface area contributed by atoms with Gasteiger partial charge in [-0.1, -0.05) is 44.4 Å². The van der Waals surface area contributed by atoms with Crippen LogP contribution in [-0.4, -0.2) is 32.5 Å². The summed E-state index contributed by atoms with van der Waals surface area (Å²) in [6, 6.07) is 2.54. The van der Waals surface area contributed by atoms with Gasteiger partial charge in [0.1, 0.15) is 0 Å². The van der Waals surface area contributed by atoms with Crippen LogP contribution in [0.15, 0.2) is 16.6 Å². The maximum Gasteiger partial charge on any atom is 0.230 e. The first kappa shape index (κ1) is 19.4. The Kier molecular flexibility index (Phi) is 7.14. The van der Waals surface area contributed by atoms with Crippen LogP contribution in [0.4, 0.5) is 0 Å². The second kappa shape index (κ2) is 9.55. The average Bonchev–Trinajstić information content (AvgIpc) is 3.20. The highest BCUT2D eigenvalue weighted by Crippen LogP contribution is 2.28. The van der Waals surface area contributed by atoms with Gasteiger partial charge in [0.25, 0.3) is 0 Å². The van der Waals surface area contributed by atoms with Gasteiger partial charge in [0, 0.05) is 28.4 Å². The van der Waals surface area contributed by atoms with Crippen LogP contribution < -0.4 is 5.32 Å². The van der Waals surface area contributed by atoms with Crippen molar-refractivity contribution in [1.82, 2.24) is 20.1 Å². The average molecular weight is 393 g/mol. The summed E-state index contributed by atoms with van der Waals surface area (Å²) in [5.74, 6) is 1.41. The molecule has 1 fully saturated rings. The van der Waals surface area contributed by atoms with Crippen LogP contribution in [0.2, 0.25) is 0 Å². The molecule has 0 bridgehead atoms. The van der Waals surface area contributed by atoms with Crippen molar-refractivity contribution in [2.45, 2.75) is 76.5 Å². The van der Waals surface area contributed by atoms with Crippen molar-refractivity contribution in [3.8, 4) is 11.4 Å². The first-order chi connectivity index (χ1) is 12.7. The molecule has 0 spiro atoms. The smallest absolute Gasteiger partial charge is 0.230 e. The van der Waals surface area contributed by atoms with E-state index >= 15 is 0 Å². The molecule has 0 aliphatic heterocycles. The fraction of sp³-hybridized carbons (Fsp3) is 0.632. The van der Waals surface area contributed by atoms with Gasteiger partial charge >= 0.3 is 0 Å². The van der Waals surface area contributed by atoms with E-state index in [0.717, 1.165) is 42.4 Å². The number of aromatic nitrogens is 3. The van der Waals surface area contributed by atoms with E-state index in [4.69, 9.17) is 0 Å². The minimum absolute atomic E-state index is 0.109. The largest absolute Gasteiger partial charge is 0.353 e. The molecule has 26 heavy (non-hydrogen) atoms. The van der Waals surface area contributed by atoms with Gasteiger partial charge in [-0.25, -0.2) is 0 Å². The minimum atomic E-state index is 0.109. The molecule has 0 radical (unpaired) electrons. The van der Waals surface area contributed by atoms with Crippen LogP contribution in [0.25, 0.3) is 11.4 Å². The molecular formula is C19H28N4OS2. The van der Waals surface area contributed by atoms with E-state index in [9.17, 15) is 4.79 Å². The number of carbonyl (C=O) groups excluding carboxylic acids is 1. The number of thioether (sulfide) groups is 1. The van der Waals surface area contributed by atoms with Crippen molar-refractivity contribution in [3.05, 3.63) is 16.3 Å². The van der Waals surface area contributed by atoms with E-state index in [1.807, 2.05) is 0 Å². The second-order valence-electron chi connectivity index (χ2n) is 6.75. The Bertz CT molecular complexity index is 717. The van der Waals surface area contributed by atoms with Crippen molar-refractivity contribution < 1.29 is 4.79 Å². The number of hydrogen-bond donors (Lipinski definition) is 1. The standard InChI is InChI=1S/C19H28N4OS2/c1-3-16-11-14(12-25-16)18-21-22-19(23(18)4-2)26-13-17(24)20-15-9-7-5-6-8-10-15/h11-12,15H,3-10,13H2,1-2H3,(H,20,24). The van der Waals surface area contributed by atoms with Crippen molar-refractivity contribution in [1.29, 1.82) is 0 Å². The Balaban J connectivity index is 1.60. The van der Waals surface area contributed by atoms with Crippen molar-refractivity contribution in [2.24, 2.45) is 0 Å². The van der Waals surface area contributed by atoms with Crippen LogP contribution >= 0.6 is 23.1 Å². The lowest BCUT2D eigenvalue weighted by atomic mass is 10.1. The zero-order chi connectivity index (χ0) is 18.4. The number of hydrogen-bond acceptors (Lipinski definition) is 5. The quantitative estimate of drug-likeness (QED) is 0.556. The Morgan fingerprint density at radius 1 is 1.27 bits per heavy atom. The highest BCUT2D eigenvalue weighted by atomic mass is 32.2. The molecule has 1 N–H and O–H groups in total. The maximum atomic E-state index is 12.3. The van der Waals surface area contributed by atoms with E-state index in [-0.39, 0.29) is 5.91 Å². The molecule has 142 valence electrons. The number of rotatable bonds is 7. The van der Waals surface area contributed by atoms with Crippen LogP contribution in [0.3, 0.4) is 0 Å². The Morgan fingerprint density at radius 3 is 2.69 bits per heavy atom. The van der Waals surface area contributed by atoms with Gasteiger partial charge < -0.3 is 9.88 Å². The van der Waals surface area contributed by atoms with E-state index in [1.165, 1.54) is 42.3 Å². The minimum Gasteiger partial charge on any atom is -0.353 e. The summed E-state index contributed by atoms with van der Waals surface area (Å²) in [6.45, 7) is 5.05. The summed E-state index contributed by atoms with van der Waals surface area (Å²) in [7, 11) is 0. The maximum absolute atomic E-state index is 12.3. The van der Waals surface area contributed by atoms with Gasteiger partial charge in [0.2, 0.25) is 5.91 Å². The van der Waals surface area contributed by atoms with Gasteiger partial charge in [-0.3, -0.25) is 4.79 Å². The fourth-order valence-electron chi connectivity index (χ4n) is 3.40. The lowest BCUT2D eigenvalue weighted by Crippen LogP contribution is -2.35. The van der Waals surface area contributed by atoms with Crippen LogP contribution in [-0.2, 0) is 17.8 Å². The van der Waals surface area contributed by atoms with Gasteiger partial charge in [0.05, 0.1) is 5.75 Å². The van der Waals surface area contributed by atoms with Crippen molar-refractivity contribution >= 4 is 29.0 Å². The third kappa shape index (κ3) is 4.88. The van der Waals surface area contributed by atoms with Crippen LogP contribution in [0, 0.1) is 0 Å². The topological polar surface area (TPSA) is 59.8 Å². The molecule has 2 aromatic rings. The number of nitrogens with one attached hydrogen (secondary N) is 1. The van der Waals surface area contributed by atoms with Gasteiger partial charge in [0.15, 0.2) is 11.0 Å². The number of nitrogens with zero attached hydrogens (tertiary/aromatic N) is 3. The molecule has 1 saturated carbocycles. The second-order valence-corrected chi connectivity index (χ2v) is 8.69. The first-order valence-electron chi connectivity index (χ1n) is 9.64. The molecule has 2 heterocycles. The Hall–Kier alpha value is -1.34. The molecule has 0 unspecified atom stereocenters. The molecule has 3 rings (SSSR count). The zero-order valence-electron chi connectivity index (χ0n) is 15.7. The van der Waals surface area contributed by atoms with Crippen molar-refractivity contribution in [2.75, 3.05) is 5.75 Å². The normalized spacial score (nSPS) is 15.8. The lowest BCUT2D eigenvalue weighted by molar-refractivity contribution is -0.119. The number of aryl methyl sites for hydroxylation is 1. The Labute approximate surface area is 164 Å². The molecular weight excluding hydrogens is 364 g/mol. The number of amides is 1. The molecule has 0 atom stereocenters. The van der Waals surface area contributed by atoms with Gasteiger partial charge in [-0.15, -0.1) is 21.5 Å². The summed E-state index contributed by atoms with van der Waals surface area (Å²) in [5.41, 5.74) is 1.12. The van der Waals surface area contributed by atoms with Crippen LogP contribution in [0.1, 0.15) is 57.2 Å².